The minimum absolute atomic E-state index is 0.0955. The highest BCUT2D eigenvalue weighted by Gasteiger charge is 2.42. The number of anilines is 1. The second-order valence-electron chi connectivity index (χ2n) is 7.28. The van der Waals surface area contributed by atoms with Crippen LogP contribution in [-0.2, 0) is 24.0 Å². The Kier molecular flexibility index (Phi) is 8.56. The number of nitriles is 1. The van der Waals surface area contributed by atoms with Gasteiger partial charge in [0.2, 0.25) is 5.13 Å². The number of hydrogen-bond donors (Lipinski definition) is 1. The first-order chi connectivity index (χ1) is 17.9. The fourth-order valence-electron chi connectivity index (χ4n) is 3.02. The fraction of sp³-hybridized carbons (Fsp3) is 0.217. The number of ether oxygens (including phenoxy) is 2. The van der Waals surface area contributed by atoms with E-state index in [1.165, 1.54) is 31.4 Å². The number of nitrogens with zero attached hydrogens (tertiary/aromatic N) is 3. The van der Waals surface area contributed by atoms with Gasteiger partial charge in [0, 0.05) is 0 Å². The van der Waals surface area contributed by atoms with E-state index in [1.807, 2.05) is 6.92 Å². The van der Waals surface area contributed by atoms with Crippen molar-refractivity contribution in [2.75, 3.05) is 12.4 Å². The summed E-state index contributed by atoms with van der Waals surface area (Å²) in [5.74, 6) is -10.8. The van der Waals surface area contributed by atoms with Crippen molar-refractivity contribution in [3.63, 3.8) is 0 Å². The Bertz CT molecular complexity index is 1420. The molecule has 200 valence electrons. The van der Waals surface area contributed by atoms with Gasteiger partial charge in [-0.05, 0) is 30.2 Å². The fourth-order valence-corrected chi connectivity index (χ4v) is 3.70. The zero-order valence-corrected chi connectivity index (χ0v) is 20.2. The van der Waals surface area contributed by atoms with E-state index in [1.54, 1.807) is 6.07 Å². The van der Waals surface area contributed by atoms with Gasteiger partial charge in [-0.15, -0.1) is 10.2 Å². The lowest BCUT2D eigenvalue weighted by atomic mass is 10.1. The average Bonchev–Trinajstić information content (AvgIpc) is 3.33. The summed E-state index contributed by atoms with van der Waals surface area (Å²) < 4.78 is 104. The molecule has 3 rings (SSSR count). The number of carbonyl (C=O) groups excluding carboxylic acids is 1. The van der Waals surface area contributed by atoms with Gasteiger partial charge < -0.3 is 9.47 Å². The Balaban J connectivity index is 1.83. The molecule has 38 heavy (non-hydrogen) atoms. The van der Waals surface area contributed by atoms with E-state index in [0.29, 0.717) is 11.4 Å². The lowest BCUT2D eigenvalue weighted by Crippen LogP contribution is -2.18. The number of aryl methyl sites for hydroxylation is 1. The maximum atomic E-state index is 14.1. The summed E-state index contributed by atoms with van der Waals surface area (Å²) in [6, 6.07) is 5.48. The molecule has 0 aliphatic rings. The number of amides is 1. The quantitative estimate of drug-likeness (QED) is 0.162. The third-order valence-corrected chi connectivity index (χ3v) is 5.85. The molecule has 15 heteroatoms. The molecular weight excluding hydrogens is 545 g/mol. The van der Waals surface area contributed by atoms with E-state index >= 15 is 0 Å². The van der Waals surface area contributed by atoms with Crippen molar-refractivity contribution >= 4 is 28.5 Å². The maximum Gasteiger partial charge on any atom is 0.422 e. The van der Waals surface area contributed by atoms with Crippen molar-refractivity contribution in [1.82, 2.24) is 10.2 Å². The summed E-state index contributed by atoms with van der Waals surface area (Å²) in [6.07, 6.45) is -3.88. The largest absolute Gasteiger partial charge is 0.493 e. The van der Waals surface area contributed by atoms with Crippen LogP contribution in [-0.4, -0.2) is 23.2 Å². The number of methoxy groups -OCH3 is 1. The van der Waals surface area contributed by atoms with Gasteiger partial charge in [0.05, 0.1) is 12.7 Å². The van der Waals surface area contributed by atoms with Crippen molar-refractivity contribution in [2.24, 2.45) is 0 Å². The molecule has 0 aliphatic carbocycles. The topological polar surface area (TPSA) is 97.1 Å². The Hall–Kier alpha value is -4.19. The molecule has 1 aromatic heterocycles. The van der Waals surface area contributed by atoms with E-state index in [9.17, 15) is 40.8 Å². The molecule has 0 saturated heterocycles. The second-order valence-corrected chi connectivity index (χ2v) is 8.35. The Morgan fingerprint density at radius 2 is 1.76 bits per heavy atom. The van der Waals surface area contributed by atoms with Gasteiger partial charge in [-0.1, -0.05) is 24.3 Å². The summed E-state index contributed by atoms with van der Waals surface area (Å²) >= 11 is 1.13. The van der Waals surface area contributed by atoms with Crippen LogP contribution in [0.25, 0.3) is 6.08 Å². The van der Waals surface area contributed by atoms with Crippen molar-refractivity contribution in [3.05, 3.63) is 68.7 Å². The smallest absolute Gasteiger partial charge is 0.422 e. The lowest BCUT2D eigenvalue weighted by Gasteiger charge is -2.15. The van der Waals surface area contributed by atoms with Crippen LogP contribution in [0.3, 0.4) is 0 Å². The monoisotopic (exact) mass is 560 g/mol. The lowest BCUT2D eigenvalue weighted by molar-refractivity contribution is -0.143. The number of hydrogen-bond acceptors (Lipinski definition) is 7. The van der Waals surface area contributed by atoms with E-state index in [4.69, 9.17) is 9.47 Å². The molecule has 1 N–H and O–H groups in total. The van der Waals surface area contributed by atoms with Crippen LogP contribution in [0, 0.1) is 34.6 Å². The first-order valence-electron chi connectivity index (χ1n) is 10.4. The molecule has 1 amide bonds. The SMILES string of the molecule is CCc1nnc(NC(=O)/C(C#N)=C/c2ccc(OCc3c(F)c(F)c(C(F)(F)F)c(F)c3F)c(OC)c2)s1. The second kappa shape index (κ2) is 11.5. The van der Waals surface area contributed by atoms with Gasteiger partial charge in [0.25, 0.3) is 5.91 Å². The van der Waals surface area contributed by atoms with Gasteiger partial charge in [-0.3, -0.25) is 10.1 Å². The van der Waals surface area contributed by atoms with Gasteiger partial charge in [0.15, 0.2) is 34.8 Å². The molecule has 7 nitrogen and oxygen atoms in total. The van der Waals surface area contributed by atoms with Gasteiger partial charge in [0.1, 0.15) is 28.8 Å². The van der Waals surface area contributed by atoms with Crippen LogP contribution >= 0.6 is 11.3 Å². The molecule has 0 saturated carbocycles. The van der Waals surface area contributed by atoms with Crippen LogP contribution in [0.2, 0.25) is 0 Å². The van der Waals surface area contributed by atoms with E-state index in [-0.39, 0.29) is 27.8 Å². The Morgan fingerprint density at radius 3 is 2.29 bits per heavy atom. The van der Waals surface area contributed by atoms with Gasteiger partial charge in [-0.25, -0.2) is 17.6 Å². The number of nitrogens with one attached hydrogen (secondary N) is 1. The molecule has 0 fully saturated rings. The first kappa shape index (κ1) is 28.4. The normalized spacial score (nSPS) is 11.7. The first-order valence-corrected chi connectivity index (χ1v) is 11.2. The zero-order valence-electron chi connectivity index (χ0n) is 19.3. The Morgan fingerprint density at radius 1 is 1.11 bits per heavy atom. The van der Waals surface area contributed by atoms with Crippen molar-refractivity contribution in [2.45, 2.75) is 26.1 Å². The van der Waals surface area contributed by atoms with Crippen LogP contribution in [0.15, 0.2) is 23.8 Å². The van der Waals surface area contributed by atoms with Gasteiger partial charge >= 0.3 is 6.18 Å². The van der Waals surface area contributed by atoms with Crippen LogP contribution in [0.5, 0.6) is 11.5 Å². The van der Waals surface area contributed by atoms with Crippen molar-refractivity contribution < 1.29 is 45.0 Å². The van der Waals surface area contributed by atoms with Crippen LogP contribution in [0.1, 0.15) is 28.6 Å². The van der Waals surface area contributed by atoms with E-state index in [2.05, 4.69) is 15.5 Å². The Labute approximate surface area is 214 Å². The molecule has 3 aromatic rings. The standard InChI is InChI=1S/C23H15F7N4O3S/c1-3-15-33-34-22(38-15)32-21(35)11(8-31)6-10-4-5-13(14(7-10)36-2)37-9-12-17(24)19(26)16(23(28,29)30)20(27)18(12)25/h4-7H,3,9H2,1-2H3,(H,32,34,35)/b11-6+. The highest BCUT2D eigenvalue weighted by Crippen LogP contribution is 2.37. The van der Waals surface area contributed by atoms with E-state index in [0.717, 1.165) is 11.3 Å². The molecule has 0 radical (unpaired) electrons. The molecular formula is C23H15F7N4O3S. The summed E-state index contributed by atoms with van der Waals surface area (Å²) in [5, 5.41) is 20.3. The molecule has 0 aliphatic heterocycles. The average molecular weight is 560 g/mol. The number of aromatic nitrogens is 2. The number of halogens is 7. The summed E-state index contributed by atoms with van der Waals surface area (Å²) in [6.45, 7) is 0.656. The minimum atomic E-state index is -5.67. The molecule has 2 aromatic carbocycles. The number of carbonyl (C=O) groups is 1. The maximum absolute atomic E-state index is 14.1. The molecule has 0 spiro atoms. The van der Waals surface area contributed by atoms with Crippen LogP contribution < -0.4 is 14.8 Å². The number of alkyl halides is 3. The molecule has 0 unspecified atom stereocenters. The molecule has 0 bridgehead atoms. The van der Waals surface area contributed by atoms with Gasteiger partial charge in [-0.2, -0.15) is 18.4 Å². The minimum Gasteiger partial charge on any atom is -0.493 e. The van der Waals surface area contributed by atoms with Crippen LogP contribution in [0.4, 0.5) is 35.9 Å². The number of benzene rings is 2. The van der Waals surface area contributed by atoms with Crippen molar-refractivity contribution in [1.29, 1.82) is 5.26 Å². The summed E-state index contributed by atoms with van der Waals surface area (Å²) in [7, 11) is 1.17. The zero-order chi connectivity index (χ0) is 28.2. The highest BCUT2D eigenvalue weighted by atomic mass is 32.1. The third kappa shape index (κ3) is 6.02. The predicted molar refractivity (Wildman–Crippen MR) is 120 cm³/mol. The summed E-state index contributed by atoms with van der Waals surface area (Å²) in [4.78, 5) is 12.4. The summed E-state index contributed by atoms with van der Waals surface area (Å²) in [5.41, 5.74) is -4.19. The highest BCUT2D eigenvalue weighted by molar-refractivity contribution is 7.15. The number of rotatable bonds is 8. The molecule has 1 heterocycles. The molecule has 0 atom stereocenters. The van der Waals surface area contributed by atoms with Crippen molar-refractivity contribution in [3.8, 4) is 17.6 Å². The van der Waals surface area contributed by atoms with E-state index < -0.39 is 53.1 Å². The third-order valence-electron chi connectivity index (χ3n) is 4.86. The predicted octanol–water partition coefficient (Wildman–Crippen LogP) is 5.81.